The molecule has 0 saturated heterocycles. The number of aryl methyl sites for hydroxylation is 1. The summed E-state index contributed by atoms with van der Waals surface area (Å²) in [6.07, 6.45) is 0. The lowest BCUT2D eigenvalue weighted by molar-refractivity contribution is 0.0949. The first-order valence-electron chi connectivity index (χ1n) is 7.76. The summed E-state index contributed by atoms with van der Waals surface area (Å²) in [4.78, 5) is 12.1. The van der Waals surface area contributed by atoms with E-state index in [9.17, 15) is 13.2 Å². The molecular formula is C18H22N2O3S. The van der Waals surface area contributed by atoms with Gasteiger partial charge in [0, 0.05) is 12.1 Å². The van der Waals surface area contributed by atoms with Gasteiger partial charge in [0.15, 0.2) is 0 Å². The predicted octanol–water partition coefficient (Wildman–Crippen LogP) is 3.18. The predicted molar refractivity (Wildman–Crippen MR) is 95.6 cm³/mol. The molecule has 0 radical (unpaired) electrons. The summed E-state index contributed by atoms with van der Waals surface area (Å²) in [6, 6.07) is 13.1. The van der Waals surface area contributed by atoms with Gasteiger partial charge >= 0.3 is 0 Å². The minimum absolute atomic E-state index is 0.117. The van der Waals surface area contributed by atoms with E-state index in [0.29, 0.717) is 23.7 Å². The van der Waals surface area contributed by atoms with Crippen LogP contribution in [0.2, 0.25) is 0 Å². The van der Waals surface area contributed by atoms with Crippen LogP contribution in [0.15, 0.2) is 53.4 Å². The quantitative estimate of drug-likeness (QED) is 0.843. The minimum Gasteiger partial charge on any atom is -0.352 e. The Hall–Kier alpha value is -2.34. The number of anilines is 1. The van der Waals surface area contributed by atoms with Crippen molar-refractivity contribution in [1.82, 2.24) is 5.32 Å². The lowest BCUT2D eigenvalue weighted by Gasteiger charge is -2.11. The molecule has 24 heavy (non-hydrogen) atoms. The zero-order valence-electron chi connectivity index (χ0n) is 14.0. The summed E-state index contributed by atoms with van der Waals surface area (Å²) in [5.74, 6) is 0.145. The first kappa shape index (κ1) is 18.0. The third-order valence-electron chi connectivity index (χ3n) is 3.49. The summed E-state index contributed by atoms with van der Waals surface area (Å²) in [7, 11) is -3.69. The van der Waals surface area contributed by atoms with Crippen molar-refractivity contribution < 1.29 is 13.2 Å². The maximum atomic E-state index is 12.4. The van der Waals surface area contributed by atoms with Crippen molar-refractivity contribution in [1.29, 1.82) is 0 Å². The second-order valence-electron chi connectivity index (χ2n) is 6.05. The summed E-state index contributed by atoms with van der Waals surface area (Å²) >= 11 is 0. The van der Waals surface area contributed by atoms with Crippen molar-refractivity contribution in [3.8, 4) is 0 Å². The highest BCUT2D eigenvalue weighted by Crippen LogP contribution is 2.19. The van der Waals surface area contributed by atoms with E-state index in [1.54, 1.807) is 12.1 Å². The molecule has 6 heteroatoms. The summed E-state index contributed by atoms with van der Waals surface area (Å²) in [5, 5.41) is 2.80. The molecule has 0 atom stereocenters. The molecule has 1 amide bonds. The summed E-state index contributed by atoms with van der Waals surface area (Å²) in [5.41, 5.74) is 1.81. The van der Waals surface area contributed by atoms with E-state index in [1.807, 2.05) is 32.9 Å². The fourth-order valence-electron chi connectivity index (χ4n) is 2.08. The van der Waals surface area contributed by atoms with Crippen LogP contribution in [0.1, 0.15) is 29.8 Å². The fraction of sp³-hybridized carbons (Fsp3) is 0.278. The Bertz CT molecular complexity index is 812. The molecule has 0 saturated carbocycles. The van der Waals surface area contributed by atoms with E-state index in [2.05, 4.69) is 10.0 Å². The van der Waals surface area contributed by atoms with E-state index >= 15 is 0 Å². The minimum atomic E-state index is -3.69. The van der Waals surface area contributed by atoms with Gasteiger partial charge in [0.1, 0.15) is 0 Å². The van der Waals surface area contributed by atoms with Gasteiger partial charge in [0.05, 0.1) is 10.6 Å². The molecule has 2 aromatic carbocycles. The largest absolute Gasteiger partial charge is 0.352 e. The number of hydrogen-bond acceptors (Lipinski definition) is 3. The van der Waals surface area contributed by atoms with Gasteiger partial charge in [-0.15, -0.1) is 0 Å². The Labute approximate surface area is 143 Å². The molecule has 0 aliphatic heterocycles. The lowest BCUT2D eigenvalue weighted by Crippen LogP contribution is -2.27. The topological polar surface area (TPSA) is 75.3 Å². The van der Waals surface area contributed by atoms with Crippen LogP contribution in [-0.4, -0.2) is 20.9 Å². The van der Waals surface area contributed by atoms with Gasteiger partial charge in [-0.25, -0.2) is 8.42 Å². The van der Waals surface area contributed by atoms with Crippen molar-refractivity contribution in [2.24, 2.45) is 5.92 Å². The number of benzene rings is 2. The summed E-state index contributed by atoms with van der Waals surface area (Å²) < 4.78 is 27.4. The van der Waals surface area contributed by atoms with Crippen molar-refractivity contribution in [2.45, 2.75) is 25.7 Å². The molecular weight excluding hydrogens is 324 g/mol. The lowest BCUT2D eigenvalue weighted by atomic mass is 10.2. The van der Waals surface area contributed by atoms with E-state index in [1.165, 1.54) is 24.3 Å². The normalized spacial score (nSPS) is 11.3. The molecule has 2 N–H and O–H groups in total. The molecule has 5 nitrogen and oxygen atoms in total. The first-order chi connectivity index (χ1) is 11.3. The number of hydrogen-bond donors (Lipinski definition) is 2. The van der Waals surface area contributed by atoms with Gasteiger partial charge < -0.3 is 5.32 Å². The van der Waals surface area contributed by atoms with Gasteiger partial charge in [-0.3, -0.25) is 9.52 Å². The second-order valence-corrected chi connectivity index (χ2v) is 7.73. The van der Waals surface area contributed by atoms with Crippen LogP contribution in [0.4, 0.5) is 5.69 Å². The van der Waals surface area contributed by atoms with Crippen LogP contribution in [0.5, 0.6) is 0 Å². The van der Waals surface area contributed by atoms with Crippen LogP contribution in [0.25, 0.3) is 0 Å². The maximum Gasteiger partial charge on any atom is 0.261 e. The Morgan fingerprint density at radius 1 is 1.04 bits per heavy atom. The van der Waals surface area contributed by atoms with Crippen LogP contribution in [0.3, 0.4) is 0 Å². The molecule has 0 heterocycles. The van der Waals surface area contributed by atoms with Crippen molar-refractivity contribution >= 4 is 21.6 Å². The van der Waals surface area contributed by atoms with Crippen molar-refractivity contribution in [3.63, 3.8) is 0 Å². The van der Waals surface area contributed by atoms with Crippen LogP contribution in [0, 0.1) is 12.8 Å². The molecule has 128 valence electrons. The second kappa shape index (κ2) is 7.49. The Balaban J connectivity index is 2.14. The van der Waals surface area contributed by atoms with Crippen LogP contribution >= 0.6 is 0 Å². The van der Waals surface area contributed by atoms with E-state index < -0.39 is 10.0 Å². The van der Waals surface area contributed by atoms with Gasteiger partial charge in [0.25, 0.3) is 15.9 Å². The Kier molecular flexibility index (Phi) is 5.62. The first-order valence-corrected chi connectivity index (χ1v) is 9.24. The number of nitrogens with one attached hydrogen (secondary N) is 2. The summed E-state index contributed by atoms with van der Waals surface area (Å²) in [6.45, 7) is 6.42. The molecule has 0 bridgehead atoms. The number of rotatable bonds is 6. The zero-order chi connectivity index (χ0) is 17.7. The number of carbonyl (C=O) groups is 1. The van der Waals surface area contributed by atoms with Gasteiger partial charge in [-0.1, -0.05) is 32.0 Å². The average Bonchev–Trinajstić information content (AvgIpc) is 2.54. The fourth-order valence-corrected chi connectivity index (χ4v) is 3.21. The molecule has 2 aromatic rings. The van der Waals surface area contributed by atoms with E-state index in [4.69, 9.17) is 0 Å². The third kappa shape index (κ3) is 4.58. The zero-order valence-corrected chi connectivity index (χ0v) is 14.9. The number of carbonyl (C=O) groups excluding carboxylic acids is 1. The highest BCUT2D eigenvalue weighted by Gasteiger charge is 2.16. The Morgan fingerprint density at radius 2 is 1.67 bits per heavy atom. The molecule has 0 aromatic heterocycles. The van der Waals surface area contributed by atoms with E-state index in [0.717, 1.165) is 5.56 Å². The third-order valence-corrected chi connectivity index (χ3v) is 4.87. The van der Waals surface area contributed by atoms with Crippen LogP contribution < -0.4 is 10.0 Å². The molecule has 0 fully saturated rings. The standard InChI is InChI=1S/C18H22N2O3S/c1-13(2)12-19-18(21)15-8-10-16(11-9-15)24(22,23)20-17-7-5-4-6-14(17)3/h4-11,13,20H,12H2,1-3H3,(H,19,21). The molecule has 2 rings (SSSR count). The van der Waals surface area contributed by atoms with Crippen molar-refractivity contribution in [2.75, 3.05) is 11.3 Å². The monoisotopic (exact) mass is 346 g/mol. The van der Waals surface area contributed by atoms with Crippen LogP contribution in [-0.2, 0) is 10.0 Å². The highest BCUT2D eigenvalue weighted by atomic mass is 32.2. The molecule has 0 aliphatic carbocycles. The Morgan fingerprint density at radius 3 is 2.25 bits per heavy atom. The van der Waals surface area contributed by atoms with E-state index in [-0.39, 0.29) is 10.8 Å². The van der Waals surface area contributed by atoms with Gasteiger partial charge in [-0.2, -0.15) is 0 Å². The molecule has 0 aliphatic rings. The number of sulfonamides is 1. The molecule has 0 unspecified atom stereocenters. The number of para-hydroxylation sites is 1. The smallest absolute Gasteiger partial charge is 0.261 e. The SMILES string of the molecule is Cc1ccccc1NS(=O)(=O)c1ccc(C(=O)NCC(C)C)cc1. The number of amides is 1. The van der Waals surface area contributed by atoms with Crippen molar-refractivity contribution in [3.05, 3.63) is 59.7 Å². The molecule has 0 spiro atoms. The van der Waals surface area contributed by atoms with Gasteiger partial charge in [-0.05, 0) is 48.7 Å². The van der Waals surface area contributed by atoms with Gasteiger partial charge in [0.2, 0.25) is 0 Å². The maximum absolute atomic E-state index is 12.4. The highest BCUT2D eigenvalue weighted by molar-refractivity contribution is 7.92. The average molecular weight is 346 g/mol.